The van der Waals surface area contributed by atoms with E-state index in [1.54, 1.807) is 30.3 Å². The van der Waals surface area contributed by atoms with Gasteiger partial charge in [0, 0.05) is 10.6 Å². The van der Waals surface area contributed by atoms with Crippen LogP contribution in [0.15, 0.2) is 48.5 Å². The summed E-state index contributed by atoms with van der Waals surface area (Å²) in [6, 6.07) is 14.1. The SMILES string of the molecule is OB(O)c1cccc(OCc2ccccc2Cl)c1. The van der Waals surface area contributed by atoms with Crippen molar-refractivity contribution in [3.05, 3.63) is 59.1 Å². The van der Waals surface area contributed by atoms with Crippen LogP contribution in [0.4, 0.5) is 0 Å². The summed E-state index contributed by atoms with van der Waals surface area (Å²) in [5.41, 5.74) is 1.28. The van der Waals surface area contributed by atoms with Crippen molar-refractivity contribution < 1.29 is 14.8 Å². The first-order chi connectivity index (χ1) is 8.66. The normalized spacial score (nSPS) is 10.2. The lowest BCUT2D eigenvalue weighted by molar-refractivity contribution is 0.306. The average Bonchev–Trinajstić information content (AvgIpc) is 2.38. The minimum absolute atomic E-state index is 0.338. The van der Waals surface area contributed by atoms with E-state index in [1.165, 1.54) is 0 Å². The minimum atomic E-state index is -1.49. The van der Waals surface area contributed by atoms with Crippen molar-refractivity contribution in [2.75, 3.05) is 0 Å². The van der Waals surface area contributed by atoms with Gasteiger partial charge in [0.05, 0.1) is 0 Å². The summed E-state index contributed by atoms with van der Waals surface area (Å²) in [5, 5.41) is 18.8. The molecule has 0 spiro atoms. The maximum absolute atomic E-state index is 9.06. The van der Waals surface area contributed by atoms with Gasteiger partial charge < -0.3 is 14.8 Å². The second-order valence-electron chi connectivity index (χ2n) is 3.83. The summed E-state index contributed by atoms with van der Waals surface area (Å²) < 4.78 is 5.56. The molecule has 5 heteroatoms. The smallest absolute Gasteiger partial charge is 0.488 e. The Hall–Kier alpha value is -1.49. The summed E-state index contributed by atoms with van der Waals surface area (Å²) in [6.07, 6.45) is 0. The highest BCUT2D eigenvalue weighted by Gasteiger charge is 2.11. The molecule has 0 radical (unpaired) electrons. The summed E-state index contributed by atoms with van der Waals surface area (Å²) >= 11 is 6.01. The molecule has 0 atom stereocenters. The van der Waals surface area contributed by atoms with Gasteiger partial charge in [-0.3, -0.25) is 0 Å². The van der Waals surface area contributed by atoms with Gasteiger partial charge in [0.25, 0.3) is 0 Å². The first kappa shape index (κ1) is 13.0. The molecule has 0 heterocycles. The molecule has 2 N–H and O–H groups in total. The van der Waals surface area contributed by atoms with Gasteiger partial charge in [-0.15, -0.1) is 0 Å². The standard InChI is InChI=1S/C13H12BClO3/c15-13-7-2-1-4-10(13)9-18-12-6-3-5-11(8-12)14(16)17/h1-8,16-17H,9H2. The molecule has 3 nitrogen and oxygen atoms in total. The third-order valence-electron chi connectivity index (χ3n) is 2.51. The zero-order valence-corrected chi connectivity index (χ0v) is 10.3. The largest absolute Gasteiger partial charge is 0.489 e. The molecule has 0 bridgehead atoms. The number of rotatable bonds is 4. The molecule has 0 aliphatic carbocycles. The van der Waals surface area contributed by atoms with Gasteiger partial charge in [0.2, 0.25) is 0 Å². The van der Waals surface area contributed by atoms with Crippen LogP contribution in [0.25, 0.3) is 0 Å². The lowest BCUT2D eigenvalue weighted by atomic mass is 9.80. The molecule has 2 aromatic carbocycles. The van der Waals surface area contributed by atoms with E-state index in [0.717, 1.165) is 5.56 Å². The maximum atomic E-state index is 9.06. The third kappa shape index (κ3) is 3.26. The van der Waals surface area contributed by atoms with E-state index in [0.29, 0.717) is 22.8 Å². The molecule has 0 amide bonds. The van der Waals surface area contributed by atoms with Crippen LogP contribution in [0.1, 0.15) is 5.56 Å². The van der Waals surface area contributed by atoms with Gasteiger partial charge in [-0.2, -0.15) is 0 Å². The van der Waals surface area contributed by atoms with Crippen LogP contribution >= 0.6 is 11.6 Å². The van der Waals surface area contributed by atoms with E-state index in [4.69, 9.17) is 26.4 Å². The number of benzene rings is 2. The highest BCUT2D eigenvalue weighted by molar-refractivity contribution is 6.58. The van der Waals surface area contributed by atoms with Crippen molar-refractivity contribution in [2.45, 2.75) is 6.61 Å². The van der Waals surface area contributed by atoms with Gasteiger partial charge in [-0.1, -0.05) is 41.9 Å². The topological polar surface area (TPSA) is 49.7 Å². The molecule has 0 unspecified atom stereocenters. The predicted octanol–water partition coefficient (Wildman–Crippen LogP) is 1.60. The lowest BCUT2D eigenvalue weighted by Crippen LogP contribution is -2.29. The Labute approximate surface area is 111 Å². The van der Waals surface area contributed by atoms with E-state index in [9.17, 15) is 0 Å². The van der Waals surface area contributed by atoms with Gasteiger partial charge >= 0.3 is 7.12 Å². The summed E-state index contributed by atoms with van der Waals surface area (Å²) in [7, 11) is -1.49. The monoisotopic (exact) mass is 262 g/mol. The molecule has 18 heavy (non-hydrogen) atoms. The Kier molecular flexibility index (Phi) is 4.26. The van der Waals surface area contributed by atoms with Crippen LogP contribution in [0, 0.1) is 0 Å². The Bertz CT molecular complexity index is 531. The van der Waals surface area contributed by atoms with Gasteiger partial charge in [0.15, 0.2) is 0 Å². The Morgan fingerprint density at radius 3 is 2.56 bits per heavy atom. The van der Waals surface area contributed by atoms with Gasteiger partial charge in [-0.25, -0.2) is 0 Å². The fraction of sp³-hybridized carbons (Fsp3) is 0.0769. The van der Waals surface area contributed by atoms with Crippen LogP contribution in [0.5, 0.6) is 5.75 Å². The predicted molar refractivity (Wildman–Crippen MR) is 72.1 cm³/mol. The Morgan fingerprint density at radius 2 is 1.83 bits per heavy atom. The number of hydrogen-bond donors (Lipinski definition) is 2. The van der Waals surface area contributed by atoms with E-state index in [1.807, 2.05) is 18.2 Å². The highest BCUT2D eigenvalue weighted by atomic mass is 35.5. The zero-order chi connectivity index (χ0) is 13.0. The van der Waals surface area contributed by atoms with Crippen molar-refractivity contribution >= 4 is 24.2 Å². The summed E-state index contributed by atoms with van der Waals surface area (Å²) in [5.74, 6) is 0.570. The van der Waals surface area contributed by atoms with Crippen LogP contribution in [-0.4, -0.2) is 17.2 Å². The van der Waals surface area contributed by atoms with Crippen molar-refractivity contribution in [3.63, 3.8) is 0 Å². The number of halogens is 1. The average molecular weight is 263 g/mol. The van der Waals surface area contributed by atoms with Gasteiger partial charge in [0.1, 0.15) is 12.4 Å². The summed E-state index contributed by atoms with van der Waals surface area (Å²) in [4.78, 5) is 0. The number of hydrogen-bond acceptors (Lipinski definition) is 3. The summed E-state index contributed by atoms with van der Waals surface area (Å²) in [6.45, 7) is 0.338. The van der Waals surface area contributed by atoms with Crippen molar-refractivity contribution in [3.8, 4) is 5.75 Å². The highest BCUT2D eigenvalue weighted by Crippen LogP contribution is 2.17. The first-order valence-electron chi connectivity index (χ1n) is 5.49. The molecule has 0 saturated carbocycles. The fourth-order valence-electron chi connectivity index (χ4n) is 1.54. The lowest BCUT2D eigenvalue weighted by Gasteiger charge is -2.09. The van der Waals surface area contributed by atoms with Crippen LogP contribution in [0.3, 0.4) is 0 Å². The van der Waals surface area contributed by atoms with E-state index >= 15 is 0 Å². The quantitative estimate of drug-likeness (QED) is 0.823. The van der Waals surface area contributed by atoms with Gasteiger partial charge in [-0.05, 0) is 23.7 Å². The molecule has 2 rings (SSSR count). The molecule has 92 valence electrons. The second kappa shape index (κ2) is 5.91. The molecule has 0 aliphatic heterocycles. The molecule has 0 aliphatic rings. The molecular formula is C13H12BClO3. The molecular weight excluding hydrogens is 250 g/mol. The Morgan fingerprint density at radius 1 is 1.06 bits per heavy atom. The van der Waals surface area contributed by atoms with E-state index in [2.05, 4.69) is 0 Å². The molecule has 0 saturated heterocycles. The second-order valence-corrected chi connectivity index (χ2v) is 4.23. The van der Waals surface area contributed by atoms with Crippen molar-refractivity contribution in [2.24, 2.45) is 0 Å². The maximum Gasteiger partial charge on any atom is 0.488 e. The molecule has 2 aromatic rings. The van der Waals surface area contributed by atoms with Crippen LogP contribution in [0.2, 0.25) is 5.02 Å². The fourth-order valence-corrected chi connectivity index (χ4v) is 1.73. The minimum Gasteiger partial charge on any atom is -0.489 e. The first-order valence-corrected chi connectivity index (χ1v) is 5.87. The third-order valence-corrected chi connectivity index (χ3v) is 2.88. The zero-order valence-electron chi connectivity index (χ0n) is 9.58. The van der Waals surface area contributed by atoms with E-state index < -0.39 is 7.12 Å². The van der Waals surface area contributed by atoms with Crippen molar-refractivity contribution in [1.29, 1.82) is 0 Å². The number of ether oxygens (including phenoxy) is 1. The molecule has 0 aromatic heterocycles. The van der Waals surface area contributed by atoms with Crippen LogP contribution in [-0.2, 0) is 6.61 Å². The van der Waals surface area contributed by atoms with Crippen LogP contribution < -0.4 is 10.2 Å². The van der Waals surface area contributed by atoms with Crippen molar-refractivity contribution in [1.82, 2.24) is 0 Å². The molecule has 0 fully saturated rings. The Balaban J connectivity index is 2.07. The van der Waals surface area contributed by atoms with E-state index in [-0.39, 0.29) is 0 Å².